The highest BCUT2D eigenvalue weighted by Gasteiger charge is 2.39. The van der Waals surface area contributed by atoms with Gasteiger partial charge >= 0.3 is 6.09 Å². The first-order chi connectivity index (χ1) is 20.5. The van der Waals surface area contributed by atoms with Crippen LogP contribution in [0.4, 0.5) is 10.5 Å². The third kappa shape index (κ3) is 6.09. The fourth-order valence-electron chi connectivity index (χ4n) is 6.45. The second-order valence-corrected chi connectivity index (χ2v) is 14.1. The number of fused-ring (bicyclic) bond motifs is 1. The SMILES string of the molecule is C=C(c1ccc(N2CCC3(CCN(C(=O)OC(C)(C)C)CC3)CC2)cc1)c1c(-c2ccc(O)cc2)sc2cc(O)ccc12. The highest BCUT2D eigenvalue weighted by atomic mass is 32.1. The van der Waals surface area contributed by atoms with Gasteiger partial charge in [-0.3, -0.25) is 0 Å². The number of carbonyl (C=O) groups excluding carboxylic acids is 1. The maximum atomic E-state index is 12.5. The molecule has 0 saturated carbocycles. The number of thiophene rings is 1. The summed E-state index contributed by atoms with van der Waals surface area (Å²) >= 11 is 1.62. The Morgan fingerprint density at radius 1 is 0.860 bits per heavy atom. The van der Waals surface area contributed by atoms with Crippen molar-refractivity contribution in [2.24, 2.45) is 5.41 Å². The van der Waals surface area contributed by atoms with Crippen molar-refractivity contribution < 1.29 is 19.7 Å². The van der Waals surface area contributed by atoms with Crippen molar-refractivity contribution in [1.29, 1.82) is 0 Å². The number of likely N-dealkylation sites (tertiary alicyclic amines) is 1. The largest absolute Gasteiger partial charge is 0.508 e. The molecular weight excluding hydrogens is 556 g/mol. The number of aromatic hydroxyl groups is 2. The predicted octanol–water partition coefficient (Wildman–Crippen LogP) is 8.66. The van der Waals surface area contributed by atoms with E-state index >= 15 is 0 Å². The van der Waals surface area contributed by atoms with Crippen LogP contribution < -0.4 is 4.90 Å². The van der Waals surface area contributed by atoms with Gasteiger partial charge in [0.25, 0.3) is 0 Å². The minimum Gasteiger partial charge on any atom is -0.508 e. The van der Waals surface area contributed by atoms with Crippen LogP contribution in [-0.2, 0) is 4.74 Å². The van der Waals surface area contributed by atoms with Crippen LogP contribution in [0.3, 0.4) is 0 Å². The lowest BCUT2D eigenvalue weighted by Crippen LogP contribution is -2.49. The van der Waals surface area contributed by atoms with Gasteiger partial charge in [-0.2, -0.15) is 0 Å². The predicted molar refractivity (Wildman–Crippen MR) is 176 cm³/mol. The standard InChI is InChI=1S/C36H40N2O4S/c1-24(32-30-14-13-29(40)23-31(30)43-33(32)26-7-11-28(39)12-8-26)25-5-9-27(10-6-25)37-19-15-36(16-20-37)17-21-38(22-18-36)34(41)42-35(2,3)4/h5-14,23,39-40H,1,15-22H2,2-4H3. The Balaban J connectivity index is 1.15. The van der Waals surface area contributed by atoms with Crippen molar-refractivity contribution in [2.45, 2.75) is 52.1 Å². The van der Waals surface area contributed by atoms with Crippen molar-refractivity contribution in [3.05, 3.63) is 84.4 Å². The molecular formula is C36H40N2O4S. The molecule has 2 aliphatic rings. The van der Waals surface area contributed by atoms with E-state index in [1.54, 1.807) is 35.6 Å². The number of rotatable bonds is 4. The number of amides is 1. The minimum atomic E-state index is -0.462. The molecule has 1 aromatic heterocycles. The van der Waals surface area contributed by atoms with E-state index in [1.165, 1.54) is 5.69 Å². The fourth-order valence-corrected chi connectivity index (χ4v) is 7.72. The molecule has 1 spiro atoms. The van der Waals surface area contributed by atoms with Crippen LogP contribution in [0.15, 0.2) is 73.3 Å². The molecule has 43 heavy (non-hydrogen) atoms. The molecule has 224 valence electrons. The van der Waals surface area contributed by atoms with Gasteiger partial charge in [-0.05, 0) is 123 Å². The second-order valence-electron chi connectivity index (χ2n) is 13.0. The van der Waals surface area contributed by atoms with Crippen molar-refractivity contribution in [2.75, 3.05) is 31.1 Å². The Labute approximate surface area is 257 Å². The van der Waals surface area contributed by atoms with Crippen LogP contribution in [-0.4, -0.2) is 53.0 Å². The lowest BCUT2D eigenvalue weighted by molar-refractivity contribution is 0.00666. The molecule has 1 amide bonds. The average Bonchev–Trinajstić information content (AvgIpc) is 3.35. The van der Waals surface area contributed by atoms with Crippen LogP contribution in [0, 0.1) is 5.41 Å². The minimum absolute atomic E-state index is 0.190. The summed E-state index contributed by atoms with van der Waals surface area (Å²) in [6, 6.07) is 21.4. The molecule has 3 heterocycles. The van der Waals surface area contributed by atoms with Crippen molar-refractivity contribution in [3.8, 4) is 21.9 Å². The fraction of sp³-hybridized carbons (Fsp3) is 0.361. The van der Waals surface area contributed by atoms with Crippen LogP contribution in [0.2, 0.25) is 0 Å². The molecule has 0 radical (unpaired) electrons. The van der Waals surface area contributed by atoms with E-state index in [9.17, 15) is 15.0 Å². The Bertz CT molecular complexity index is 1630. The van der Waals surface area contributed by atoms with Gasteiger partial charge in [0.05, 0.1) is 0 Å². The molecule has 2 N–H and O–H groups in total. The summed E-state index contributed by atoms with van der Waals surface area (Å²) in [5.41, 5.74) is 5.11. The van der Waals surface area contributed by atoms with Gasteiger partial charge in [0.15, 0.2) is 0 Å². The van der Waals surface area contributed by atoms with E-state index in [0.717, 1.165) is 89.1 Å². The van der Waals surface area contributed by atoms with Gasteiger partial charge in [0, 0.05) is 52.4 Å². The van der Waals surface area contributed by atoms with Crippen LogP contribution >= 0.6 is 11.3 Å². The van der Waals surface area contributed by atoms with Crippen LogP contribution in [0.25, 0.3) is 26.1 Å². The third-order valence-electron chi connectivity index (χ3n) is 8.99. The van der Waals surface area contributed by atoms with Gasteiger partial charge in [0.1, 0.15) is 17.1 Å². The summed E-state index contributed by atoms with van der Waals surface area (Å²) in [5.74, 6) is 0.470. The summed E-state index contributed by atoms with van der Waals surface area (Å²) in [6.07, 6.45) is 4.15. The van der Waals surface area contributed by atoms with E-state index in [0.29, 0.717) is 5.41 Å². The Hall–Kier alpha value is -3.97. The highest BCUT2D eigenvalue weighted by Crippen LogP contribution is 2.46. The summed E-state index contributed by atoms with van der Waals surface area (Å²) in [7, 11) is 0. The molecule has 2 fully saturated rings. The van der Waals surface area contributed by atoms with Crippen molar-refractivity contribution in [1.82, 2.24) is 4.90 Å². The first-order valence-electron chi connectivity index (χ1n) is 15.1. The molecule has 0 aliphatic carbocycles. The summed E-state index contributed by atoms with van der Waals surface area (Å²) < 4.78 is 6.59. The Kier molecular flexibility index (Phi) is 7.63. The summed E-state index contributed by atoms with van der Waals surface area (Å²) in [4.78, 5) is 17.9. The van der Waals surface area contributed by atoms with E-state index in [2.05, 4.69) is 35.7 Å². The molecule has 0 unspecified atom stereocenters. The Morgan fingerprint density at radius 2 is 1.47 bits per heavy atom. The maximum absolute atomic E-state index is 12.5. The number of nitrogens with zero attached hydrogens (tertiary/aromatic N) is 2. The van der Waals surface area contributed by atoms with Gasteiger partial charge in [-0.15, -0.1) is 11.3 Å². The number of hydrogen-bond acceptors (Lipinski definition) is 6. The zero-order valence-corrected chi connectivity index (χ0v) is 26.0. The number of benzene rings is 3. The highest BCUT2D eigenvalue weighted by molar-refractivity contribution is 7.22. The molecule has 2 saturated heterocycles. The topological polar surface area (TPSA) is 73.2 Å². The first kappa shape index (κ1) is 29.1. The maximum Gasteiger partial charge on any atom is 0.410 e. The van der Waals surface area contributed by atoms with E-state index in [1.807, 2.05) is 43.9 Å². The molecule has 2 aliphatic heterocycles. The number of carbonyl (C=O) groups is 1. The van der Waals surface area contributed by atoms with Crippen molar-refractivity contribution >= 4 is 38.8 Å². The lowest BCUT2D eigenvalue weighted by atomic mass is 9.71. The molecule has 0 bridgehead atoms. The van der Waals surface area contributed by atoms with Gasteiger partial charge in [-0.25, -0.2) is 4.79 Å². The lowest BCUT2D eigenvalue weighted by Gasteiger charge is -2.47. The normalized spacial score (nSPS) is 16.9. The van der Waals surface area contributed by atoms with E-state index in [-0.39, 0.29) is 17.6 Å². The quantitative estimate of drug-likeness (QED) is 0.247. The number of phenols is 2. The summed E-state index contributed by atoms with van der Waals surface area (Å²) in [5, 5.41) is 21.0. The van der Waals surface area contributed by atoms with Gasteiger partial charge in [0.2, 0.25) is 0 Å². The van der Waals surface area contributed by atoms with Crippen LogP contribution in [0.1, 0.15) is 57.6 Å². The zero-order valence-electron chi connectivity index (χ0n) is 25.2. The molecule has 3 aromatic carbocycles. The average molecular weight is 597 g/mol. The molecule has 6 nitrogen and oxygen atoms in total. The monoisotopic (exact) mass is 596 g/mol. The van der Waals surface area contributed by atoms with Crippen molar-refractivity contribution in [3.63, 3.8) is 0 Å². The summed E-state index contributed by atoms with van der Waals surface area (Å²) in [6.45, 7) is 13.8. The molecule has 0 atom stereocenters. The van der Waals surface area contributed by atoms with Gasteiger partial charge in [-0.1, -0.05) is 18.7 Å². The van der Waals surface area contributed by atoms with Crippen LogP contribution in [0.5, 0.6) is 11.5 Å². The molecule has 6 rings (SSSR count). The number of anilines is 1. The molecule has 7 heteroatoms. The number of piperidine rings is 2. The zero-order chi connectivity index (χ0) is 30.4. The van der Waals surface area contributed by atoms with Gasteiger partial charge < -0.3 is 24.7 Å². The first-order valence-corrected chi connectivity index (χ1v) is 15.9. The third-order valence-corrected chi connectivity index (χ3v) is 10.2. The number of phenolic OH excluding ortho intramolecular Hbond substituents is 2. The van der Waals surface area contributed by atoms with E-state index in [4.69, 9.17) is 4.74 Å². The van der Waals surface area contributed by atoms with E-state index < -0.39 is 5.60 Å². The Morgan fingerprint density at radius 3 is 2.09 bits per heavy atom. The number of ether oxygens (including phenoxy) is 1. The smallest absolute Gasteiger partial charge is 0.410 e. The molecule has 4 aromatic rings. The number of hydrogen-bond donors (Lipinski definition) is 2. The second kappa shape index (κ2) is 11.3.